The number of hydrogen-bond donors (Lipinski definition) is 3. The number of halogens is 1. The van der Waals surface area contributed by atoms with E-state index < -0.39 is 10.0 Å². The number of rotatable bonds is 4. The van der Waals surface area contributed by atoms with Crippen LogP contribution in [0, 0.1) is 0 Å². The minimum absolute atomic E-state index is 0. The summed E-state index contributed by atoms with van der Waals surface area (Å²) in [6.07, 6.45) is 1.16. The maximum Gasteiger partial charge on any atom is 0.263 e. The zero-order chi connectivity index (χ0) is 16.4. The molecule has 24 heavy (non-hydrogen) atoms. The van der Waals surface area contributed by atoms with Gasteiger partial charge in [-0.3, -0.25) is 14.5 Å². The minimum atomic E-state index is -3.54. The van der Waals surface area contributed by atoms with Crippen LogP contribution in [0.3, 0.4) is 0 Å². The van der Waals surface area contributed by atoms with Gasteiger partial charge in [0.1, 0.15) is 5.84 Å². The van der Waals surface area contributed by atoms with Gasteiger partial charge in [-0.1, -0.05) is 12.1 Å². The summed E-state index contributed by atoms with van der Waals surface area (Å²) in [5, 5.41) is 6.15. The summed E-state index contributed by atoms with van der Waals surface area (Å²) in [6.45, 7) is 3.51. The van der Waals surface area contributed by atoms with E-state index in [1.807, 2.05) is 0 Å². The van der Waals surface area contributed by atoms with Gasteiger partial charge in [-0.05, 0) is 32.0 Å². The standard InChI is InChI=1S/C15H20N4O3S.ClH/c1-10(8-14(20)18-11-6-7-16-9-11)17-15-12-4-2-3-5-13(12)23(21,22)19-15;/h2-5,10-11,16H,6-9H2,1H3,(H,17,19)(H,18,20);1H. The van der Waals surface area contributed by atoms with E-state index >= 15 is 0 Å². The van der Waals surface area contributed by atoms with Crippen molar-refractivity contribution in [3.05, 3.63) is 29.8 Å². The number of amides is 1. The number of carbonyl (C=O) groups excluding carboxylic acids is 1. The lowest BCUT2D eigenvalue weighted by Gasteiger charge is -2.13. The highest BCUT2D eigenvalue weighted by molar-refractivity contribution is 7.90. The molecule has 7 nitrogen and oxygen atoms in total. The fourth-order valence-electron chi connectivity index (χ4n) is 2.83. The Labute approximate surface area is 147 Å². The second kappa shape index (κ2) is 7.50. The van der Waals surface area contributed by atoms with Crippen molar-refractivity contribution in [1.29, 1.82) is 0 Å². The van der Waals surface area contributed by atoms with Crippen molar-refractivity contribution in [1.82, 2.24) is 15.4 Å². The first-order chi connectivity index (χ1) is 11.0. The Bertz CT molecular complexity index is 745. The monoisotopic (exact) mass is 372 g/mol. The third-order valence-corrected chi connectivity index (χ3v) is 5.32. The van der Waals surface area contributed by atoms with E-state index in [0.717, 1.165) is 19.5 Å². The van der Waals surface area contributed by atoms with Crippen molar-refractivity contribution in [2.75, 3.05) is 13.1 Å². The quantitative estimate of drug-likeness (QED) is 0.712. The van der Waals surface area contributed by atoms with Gasteiger partial charge in [0.15, 0.2) is 0 Å². The molecule has 1 aromatic carbocycles. The minimum Gasteiger partial charge on any atom is -0.352 e. The Morgan fingerprint density at radius 3 is 2.88 bits per heavy atom. The predicted octanol–water partition coefficient (Wildman–Crippen LogP) is 0.404. The molecule has 0 aliphatic carbocycles. The Morgan fingerprint density at radius 1 is 1.42 bits per heavy atom. The normalized spacial score (nSPS) is 23.9. The summed E-state index contributed by atoms with van der Waals surface area (Å²) in [4.78, 5) is 16.6. The molecule has 2 aliphatic heterocycles. The van der Waals surface area contributed by atoms with Gasteiger partial charge in [-0.15, -0.1) is 12.4 Å². The van der Waals surface area contributed by atoms with E-state index in [1.165, 1.54) is 0 Å². The summed E-state index contributed by atoms with van der Waals surface area (Å²) >= 11 is 0. The summed E-state index contributed by atoms with van der Waals surface area (Å²) in [6, 6.07) is 6.56. The van der Waals surface area contributed by atoms with Gasteiger partial charge in [0.05, 0.1) is 10.9 Å². The molecule has 2 aliphatic rings. The Morgan fingerprint density at radius 2 is 2.17 bits per heavy atom. The maximum atomic E-state index is 12.0. The largest absolute Gasteiger partial charge is 0.352 e. The van der Waals surface area contributed by atoms with Crippen molar-refractivity contribution in [3.8, 4) is 0 Å². The molecule has 132 valence electrons. The summed E-state index contributed by atoms with van der Waals surface area (Å²) in [7, 11) is -3.54. The first kappa shape index (κ1) is 18.7. The van der Waals surface area contributed by atoms with Gasteiger partial charge in [0.2, 0.25) is 5.91 Å². The van der Waals surface area contributed by atoms with Crippen LogP contribution in [0.5, 0.6) is 0 Å². The molecule has 0 radical (unpaired) electrons. The van der Waals surface area contributed by atoms with E-state index in [2.05, 4.69) is 20.3 Å². The zero-order valence-corrected chi connectivity index (χ0v) is 14.9. The molecule has 1 saturated heterocycles. The average molecular weight is 373 g/mol. The number of benzene rings is 1. The maximum absolute atomic E-state index is 12.0. The second-order valence-corrected chi connectivity index (χ2v) is 7.54. The van der Waals surface area contributed by atoms with Crippen LogP contribution in [-0.4, -0.2) is 45.3 Å². The molecule has 2 unspecified atom stereocenters. The highest BCUT2D eigenvalue weighted by Crippen LogP contribution is 2.22. The Kier molecular flexibility index (Phi) is 5.84. The Balaban J connectivity index is 0.00000208. The van der Waals surface area contributed by atoms with Gasteiger partial charge < -0.3 is 10.6 Å². The van der Waals surface area contributed by atoms with Crippen LogP contribution in [-0.2, 0) is 14.8 Å². The second-order valence-electron chi connectivity index (χ2n) is 5.89. The topological polar surface area (TPSA) is 99.7 Å². The molecule has 1 aromatic rings. The number of amidine groups is 1. The van der Waals surface area contributed by atoms with Crippen LogP contribution >= 0.6 is 12.4 Å². The van der Waals surface area contributed by atoms with E-state index in [0.29, 0.717) is 11.4 Å². The lowest BCUT2D eigenvalue weighted by atomic mass is 10.2. The first-order valence-electron chi connectivity index (χ1n) is 7.66. The van der Waals surface area contributed by atoms with Crippen molar-refractivity contribution < 1.29 is 13.2 Å². The lowest BCUT2D eigenvalue weighted by Crippen LogP contribution is -2.37. The van der Waals surface area contributed by atoms with Gasteiger partial charge in [-0.2, -0.15) is 0 Å². The summed E-state index contributed by atoms with van der Waals surface area (Å²) < 4.78 is 26.5. The molecule has 2 atom stereocenters. The molecule has 3 N–H and O–H groups in total. The highest BCUT2D eigenvalue weighted by atomic mass is 35.5. The van der Waals surface area contributed by atoms with Crippen LogP contribution < -0.4 is 15.4 Å². The fourth-order valence-corrected chi connectivity index (χ4v) is 4.07. The van der Waals surface area contributed by atoms with Crippen molar-refractivity contribution in [3.63, 3.8) is 0 Å². The summed E-state index contributed by atoms with van der Waals surface area (Å²) in [5.41, 5.74) is 0.555. The van der Waals surface area contributed by atoms with Gasteiger partial charge in [-0.25, -0.2) is 8.42 Å². The molecule has 0 bridgehead atoms. The number of nitrogens with one attached hydrogen (secondary N) is 3. The molecule has 9 heteroatoms. The molecule has 0 spiro atoms. The molecule has 1 amide bonds. The SMILES string of the molecule is CC(CC(=O)NC1CCNC1)N=C1NS(=O)(=O)c2ccccc21.Cl. The molecular formula is C15H21ClN4O3S. The van der Waals surface area contributed by atoms with Gasteiger partial charge in [0.25, 0.3) is 10.0 Å². The fraction of sp³-hybridized carbons (Fsp3) is 0.467. The van der Waals surface area contributed by atoms with Crippen molar-refractivity contribution in [2.45, 2.75) is 36.7 Å². The van der Waals surface area contributed by atoms with Gasteiger partial charge in [0, 0.05) is 24.6 Å². The number of carbonyl (C=O) groups is 1. The predicted molar refractivity (Wildman–Crippen MR) is 94.0 cm³/mol. The zero-order valence-electron chi connectivity index (χ0n) is 13.3. The number of nitrogens with zero attached hydrogens (tertiary/aromatic N) is 1. The average Bonchev–Trinajstić information content (AvgIpc) is 3.06. The van der Waals surface area contributed by atoms with Crippen LogP contribution in [0.2, 0.25) is 0 Å². The van der Waals surface area contributed by atoms with Gasteiger partial charge >= 0.3 is 0 Å². The van der Waals surface area contributed by atoms with E-state index in [9.17, 15) is 13.2 Å². The number of fused-ring (bicyclic) bond motifs is 1. The van der Waals surface area contributed by atoms with Crippen molar-refractivity contribution in [2.24, 2.45) is 4.99 Å². The van der Waals surface area contributed by atoms with Crippen LogP contribution in [0.15, 0.2) is 34.2 Å². The smallest absolute Gasteiger partial charge is 0.263 e. The molecular weight excluding hydrogens is 352 g/mol. The number of aliphatic imine (C=N–C) groups is 1. The molecule has 2 heterocycles. The van der Waals surface area contributed by atoms with E-state index in [1.54, 1.807) is 31.2 Å². The molecule has 0 aromatic heterocycles. The van der Waals surface area contributed by atoms with E-state index in [-0.39, 0.29) is 41.7 Å². The molecule has 0 saturated carbocycles. The van der Waals surface area contributed by atoms with Crippen molar-refractivity contribution >= 4 is 34.2 Å². The molecule has 3 rings (SSSR count). The van der Waals surface area contributed by atoms with Crippen LogP contribution in [0.1, 0.15) is 25.3 Å². The first-order valence-corrected chi connectivity index (χ1v) is 9.14. The highest BCUT2D eigenvalue weighted by Gasteiger charge is 2.30. The third kappa shape index (κ3) is 4.06. The molecule has 1 fully saturated rings. The Hall–Kier alpha value is -1.64. The van der Waals surface area contributed by atoms with E-state index in [4.69, 9.17) is 0 Å². The number of hydrogen-bond acceptors (Lipinski definition) is 5. The number of sulfonamides is 1. The van der Waals surface area contributed by atoms with Crippen LogP contribution in [0.4, 0.5) is 0 Å². The lowest BCUT2D eigenvalue weighted by molar-refractivity contribution is -0.121. The summed E-state index contributed by atoms with van der Waals surface area (Å²) in [5.74, 6) is 0.244. The third-order valence-electron chi connectivity index (χ3n) is 3.92. The van der Waals surface area contributed by atoms with Crippen LogP contribution in [0.25, 0.3) is 0 Å².